The Bertz CT molecular complexity index is 3570. The molecule has 4 aliphatic heterocycles. The van der Waals surface area contributed by atoms with Crippen molar-refractivity contribution in [3.05, 3.63) is 229 Å². The van der Waals surface area contributed by atoms with Gasteiger partial charge in [0.15, 0.2) is 0 Å². The Morgan fingerprint density at radius 1 is 0.333 bits per heavy atom. The van der Waals surface area contributed by atoms with Gasteiger partial charge in [-0.1, -0.05) is 158 Å². The maximum Gasteiger partial charge on any atom is 0.246 e. The number of carbonyl (C=O) groups is 8. The Labute approximate surface area is 573 Å². The van der Waals surface area contributed by atoms with Crippen molar-refractivity contribution < 1.29 is 104 Å². The molecule has 8 aromatic rings. The second-order valence-electron chi connectivity index (χ2n) is 23.5. The fourth-order valence-corrected chi connectivity index (χ4v) is 12.5. The van der Waals surface area contributed by atoms with Gasteiger partial charge in [0.05, 0.1) is 0 Å². The molecule has 4 saturated heterocycles. The molecular weight excluding hydrogens is 1290 g/mol. The van der Waals surface area contributed by atoms with Crippen molar-refractivity contribution in [1.29, 1.82) is 0 Å². The molecule has 6 aromatic carbocycles. The number of aromatic amines is 2. The van der Waals surface area contributed by atoms with Crippen LogP contribution in [0.15, 0.2) is 182 Å². The second kappa shape index (κ2) is 30.9. The summed E-state index contributed by atoms with van der Waals surface area (Å²) in [6.07, 6.45) is 5.71. The summed E-state index contributed by atoms with van der Waals surface area (Å²) in [7, 11) is 0. The smallest absolute Gasteiger partial charge is 0.246 e. The molecule has 2 unspecified atom stereocenters. The van der Waals surface area contributed by atoms with Gasteiger partial charge >= 0.3 is 0 Å². The fraction of sp³-hybridized carbons (Fsp3) is 0.286. The average molecular weight is 1360 g/mol. The van der Waals surface area contributed by atoms with Crippen molar-refractivity contribution in [1.82, 2.24) is 51.7 Å². The van der Waals surface area contributed by atoms with E-state index in [9.17, 15) is 38.4 Å². The number of hydrogen-bond donors (Lipinski definition) is 8. The van der Waals surface area contributed by atoms with E-state index in [1.807, 2.05) is 182 Å². The zero-order valence-electron chi connectivity index (χ0n) is 49.9. The van der Waals surface area contributed by atoms with Gasteiger partial charge in [0, 0.05) is 138 Å². The number of carbonyl (C=O) groups excluding carboxylic acids is 8. The molecule has 0 bridgehead atoms. The third-order valence-corrected chi connectivity index (χ3v) is 17.0. The number of H-pyrrole nitrogens is 2. The molecule has 458 valence electrons. The molecule has 20 heteroatoms. The van der Waals surface area contributed by atoms with Gasteiger partial charge in [0.25, 0.3) is 0 Å². The molecule has 2 radical (unpaired) electrons. The fourth-order valence-electron chi connectivity index (χ4n) is 12.5. The van der Waals surface area contributed by atoms with E-state index in [4.69, 9.17) is 0 Å². The van der Waals surface area contributed by atoms with Gasteiger partial charge in [-0.3, -0.25) is 38.4 Å². The van der Waals surface area contributed by atoms with E-state index < -0.39 is 83.8 Å². The third kappa shape index (κ3) is 16.3. The van der Waals surface area contributed by atoms with Crippen LogP contribution in [0.5, 0.6) is 0 Å². The normalized spacial score (nSPS) is 24.0. The van der Waals surface area contributed by atoms with E-state index in [0.717, 1.165) is 55.2 Å². The Morgan fingerprint density at radius 2 is 0.600 bits per heavy atom. The molecule has 12 rings (SSSR count). The molecule has 0 spiro atoms. The Morgan fingerprint density at radius 3 is 0.933 bits per heavy atom. The van der Waals surface area contributed by atoms with Gasteiger partial charge in [-0.25, -0.2) is 0 Å². The van der Waals surface area contributed by atoms with Crippen LogP contribution >= 0.6 is 0 Å². The summed E-state index contributed by atoms with van der Waals surface area (Å²) in [4.78, 5) is 121. The predicted octanol–water partition coefficient (Wildman–Crippen LogP) is 5.42. The first-order valence-corrected chi connectivity index (χ1v) is 30.1. The van der Waals surface area contributed by atoms with Gasteiger partial charge in [0.1, 0.15) is 48.3 Å². The SMILES string of the molecule is [CH2-]C1C[C@@H]2C(=O)N[C@@H](Cc3ccccc3)C(=O)N[C@@H](Cc3c[nH]c4ccccc34)C(=O)N[C@@H](Cc3ccccc3)C(=O)N2C1.[CH2-]C1C[C@@H]2C(=O)N[C@@H](Cc3ccccc3)C(=O)N[C@H](Cc3c[nH]c4ccccc34)C(=O)N[C@@H](Cc3ccccc3)C(=O)N2C1.[Y].[Y]. The van der Waals surface area contributed by atoms with Crippen molar-refractivity contribution in [3.8, 4) is 0 Å². The quantitative estimate of drug-likeness (QED) is 0.0732. The maximum atomic E-state index is 14.1. The predicted molar refractivity (Wildman–Crippen MR) is 334 cm³/mol. The minimum Gasteiger partial charge on any atom is -0.361 e. The van der Waals surface area contributed by atoms with E-state index in [2.05, 4.69) is 55.7 Å². The van der Waals surface area contributed by atoms with E-state index >= 15 is 0 Å². The summed E-state index contributed by atoms with van der Waals surface area (Å²) >= 11 is 0. The van der Waals surface area contributed by atoms with Crippen LogP contribution in [-0.2, 0) is 142 Å². The Kier molecular flexibility index (Phi) is 22.9. The Balaban J connectivity index is 0.000000209. The molecule has 6 heterocycles. The summed E-state index contributed by atoms with van der Waals surface area (Å²) in [5.41, 5.74) is 6.97. The third-order valence-electron chi connectivity index (χ3n) is 17.0. The summed E-state index contributed by atoms with van der Waals surface area (Å²) in [5, 5.41) is 19.5. The number of fused-ring (bicyclic) bond motifs is 4. The number of benzene rings is 6. The van der Waals surface area contributed by atoms with Crippen LogP contribution in [0.25, 0.3) is 21.8 Å². The topological polar surface area (TPSA) is 247 Å². The van der Waals surface area contributed by atoms with Crippen LogP contribution in [0, 0.1) is 25.7 Å². The van der Waals surface area contributed by atoms with Crippen molar-refractivity contribution >= 4 is 69.1 Å². The number of rotatable bonds is 12. The maximum absolute atomic E-state index is 14.1. The summed E-state index contributed by atoms with van der Waals surface area (Å²) in [5.74, 6) is -3.69. The number of nitrogens with zero attached hydrogens (tertiary/aromatic N) is 2. The van der Waals surface area contributed by atoms with Crippen molar-refractivity contribution in [2.24, 2.45) is 11.8 Å². The van der Waals surface area contributed by atoms with Gasteiger partial charge in [-0.05, 0) is 71.4 Å². The van der Waals surface area contributed by atoms with Gasteiger partial charge < -0.3 is 65.5 Å². The largest absolute Gasteiger partial charge is 0.361 e. The van der Waals surface area contributed by atoms with E-state index in [1.54, 1.807) is 0 Å². The molecule has 8 amide bonds. The zero-order chi connectivity index (χ0) is 61.3. The number of hydrogen-bond acceptors (Lipinski definition) is 8. The monoisotopic (exact) mass is 1360 g/mol. The van der Waals surface area contributed by atoms with Gasteiger partial charge in [-0.2, -0.15) is 0 Å². The molecule has 90 heavy (non-hydrogen) atoms. The molecule has 0 saturated carbocycles. The number of amides is 8. The van der Waals surface area contributed by atoms with Crippen LogP contribution < -0.4 is 31.9 Å². The summed E-state index contributed by atoms with van der Waals surface area (Å²) < 4.78 is 0. The number of aromatic nitrogens is 2. The zero-order valence-corrected chi connectivity index (χ0v) is 55.6. The molecule has 8 N–H and O–H groups in total. The summed E-state index contributed by atoms with van der Waals surface area (Å²) in [6, 6.07) is 45.8. The first-order valence-electron chi connectivity index (χ1n) is 30.1. The molecule has 0 aliphatic carbocycles. The van der Waals surface area contributed by atoms with E-state index in [-0.39, 0.29) is 141 Å². The van der Waals surface area contributed by atoms with Crippen LogP contribution in [0.3, 0.4) is 0 Å². The second-order valence-corrected chi connectivity index (χ2v) is 23.5. The minimum absolute atomic E-state index is 0. The molecule has 4 fully saturated rings. The molecular formula is C70H72N10O8Y2-2. The molecule has 10 atom stereocenters. The van der Waals surface area contributed by atoms with Crippen molar-refractivity contribution in [2.75, 3.05) is 13.1 Å². The van der Waals surface area contributed by atoms with E-state index in [0.29, 0.717) is 12.8 Å². The minimum atomic E-state index is -1.00. The van der Waals surface area contributed by atoms with Crippen molar-refractivity contribution in [2.45, 2.75) is 99.7 Å². The first kappa shape index (κ1) is 66.8. The van der Waals surface area contributed by atoms with Crippen molar-refractivity contribution in [3.63, 3.8) is 0 Å². The van der Waals surface area contributed by atoms with Gasteiger partial charge in [-0.15, -0.1) is 11.8 Å². The number of nitrogens with one attached hydrogen (secondary N) is 8. The van der Waals surface area contributed by atoms with Gasteiger partial charge in [0.2, 0.25) is 47.3 Å². The molecule has 18 nitrogen and oxygen atoms in total. The number of para-hydroxylation sites is 2. The Hall–Kier alpha value is -7.63. The van der Waals surface area contributed by atoms with Crippen LogP contribution in [-0.4, -0.2) is 128 Å². The van der Waals surface area contributed by atoms with Crippen LogP contribution in [0.2, 0.25) is 0 Å². The standard InChI is InChI=1S/2C35H36N5O4.2Y/c2*1-22-16-31-34(43)38-28(17-23-10-4-2-5-11-23)32(41)37-29(19-25-20-36-27-15-9-8-14-26(25)27)33(42)39-30(35(44)40(31)21-22)18-24-12-6-3-7-13-24;;/h2*2-15,20,22,28-31,36H,1,16-19,21H2,(H,37,41)(H,38,43)(H,39,42);;/q2*-1;;/t22?,28-,29+,30-,31+;22?,28-,29-,30-,31+;;/m00../s1. The van der Waals surface area contributed by atoms with E-state index in [1.165, 1.54) is 9.80 Å². The summed E-state index contributed by atoms with van der Waals surface area (Å²) in [6.45, 7) is 8.84. The molecule has 4 aliphatic rings. The van der Waals surface area contributed by atoms with Crippen LogP contribution in [0.1, 0.15) is 46.2 Å². The first-order chi connectivity index (χ1) is 42.7. The van der Waals surface area contributed by atoms with Crippen LogP contribution in [0.4, 0.5) is 0 Å². The average Bonchev–Trinajstić information content (AvgIpc) is 1.75. The molecule has 2 aromatic heterocycles.